The minimum absolute atomic E-state index is 0.0561. The molecule has 9 heteroatoms. The first-order valence-electron chi connectivity index (χ1n) is 4.78. The summed E-state index contributed by atoms with van der Waals surface area (Å²) < 4.78 is 36.3. The second-order valence-electron chi connectivity index (χ2n) is 3.40. The Kier molecular flexibility index (Phi) is 4.85. The predicted octanol–water partition coefficient (Wildman–Crippen LogP) is 1.17. The van der Waals surface area contributed by atoms with Gasteiger partial charge in [0, 0.05) is 0 Å². The fraction of sp³-hybridized carbons (Fsp3) is 0.444. The molecule has 0 aromatic carbocycles. The number of carbonyl (C=O) groups is 1. The van der Waals surface area contributed by atoms with E-state index in [0.29, 0.717) is 0 Å². The molecule has 0 aliphatic rings. The monoisotopic (exact) mass is 283 g/mol. The van der Waals surface area contributed by atoms with Crippen LogP contribution in [0.25, 0.3) is 0 Å². The Morgan fingerprint density at radius 2 is 2.11 bits per heavy atom. The number of alkyl halides is 3. The van der Waals surface area contributed by atoms with Crippen molar-refractivity contribution in [1.82, 2.24) is 15.3 Å². The summed E-state index contributed by atoms with van der Waals surface area (Å²) in [5.74, 6) is -0.859. The van der Waals surface area contributed by atoms with E-state index >= 15 is 0 Å². The van der Waals surface area contributed by atoms with E-state index in [-0.39, 0.29) is 10.8 Å². The highest BCUT2D eigenvalue weighted by Crippen LogP contribution is 2.21. The number of aliphatic hydroxyl groups is 1. The molecule has 1 unspecified atom stereocenters. The van der Waals surface area contributed by atoms with Crippen molar-refractivity contribution in [2.75, 3.05) is 6.61 Å². The summed E-state index contributed by atoms with van der Waals surface area (Å²) in [6.07, 6.45) is -3.68. The normalized spacial score (nSPS) is 13.2. The maximum absolute atomic E-state index is 12.1. The molecule has 0 fully saturated rings. The van der Waals surface area contributed by atoms with Crippen LogP contribution in [0, 0.1) is 0 Å². The molecular weight excluding hydrogens is 275 g/mol. The molecule has 0 bridgehead atoms. The van der Waals surface area contributed by atoms with Crippen molar-refractivity contribution in [2.24, 2.45) is 0 Å². The molecule has 18 heavy (non-hydrogen) atoms. The number of nitrogens with zero attached hydrogens (tertiary/aromatic N) is 2. The molecule has 0 spiro atoms. The Hall–Kier alpha value is -1.41. The fourth-order valence-corrected chi connectivity index (χ4v) is 1.23. The van der Waals surface area contributed by atoms with Gasteiger partial charge in [0.15, 0.2) is 0 Å². The first kappa shape index (κ1) is 14.7. The average molecular weight is 284 g/mol. The predicted molar refractivity (Wildman–Crippen MR) is 56.1 cm³/mol. The largest absolute Gasteiger partial charge is 0.394 e. The summed E-state index contributed by atoms with van der Waals surface area (Å²) in [6, 6.07) is -1.42. The van der Waals surface area contributed by atoms with Crippen LogP contribution >= 0.6 is 11.6 Å². The summed E-state index contributed by atoms with van der Waals surface area (Å²) in [5, 5.41) is 10.8. The van der Waals surface area contributed by atoms with Crippen molar-refractivity contribution in [1.29, 1.82) is 0 Å². The lowest BCUT2D eigenvalue weighted by atomic mass is 10.2. The number of aromatic nitrogens is 2. The van der Waals surface area contributed by atoms with Gasteiger partial charge in [0.05, 0.1) is 31.5 Å². The number of halogens is 4. The molecule has 100 valence electrons. The lowest BCUT2D eigenvalue weighted by molar-refractivity contribution is -0.141. The lowest BCUT2D eigenvalue weighted by Gasteiger charge is -2.17. The van der Waals surface area contributed by atoms with Gasteiger partial charge in [-0.1, -0.05) is 11.6 Å². The zero-order chi connectivity index (χ0) is 13.8. The van der Waals surface area contributed by atoms with Gasteiger partial charge < -0.3 is 10.4 Å². The SMILES string of the molecule is O=C(NC(CO)CC(F)(F)F)c1cnc(Cl)cn1. The van der Waals surface area contributed by atoms with Crippen molar-refractivity contribution in [2.45, 2.75) is 18.6 Å². The smallest absolute Gasteiger partial charge is 0.391 e. The Morgan fingerprint density at radius 3 is 2.56 bits per heavy atom. The van der Waals surface area contributed by atoms with E-state index in [1.54, 1.807) is 0 Å². The van der Waals surface area contributed by atoms with E-state index in [1.165, 1.54) is 0 Å². The molecule has 0 radical (unpaired) electrons. The molecule has 0 saturated carbocycles. The molecule has 5 nitrogen and oxygen atoms in total. The number of nitrogens with one attached hydrogen (secondary N) is 1. The van der Waals surface area contributed by atoms with Gasteiger partial charge in [0.1, 0.15) is 10.8 Å². The summed E-state index contributed by atoms with van der Waals surface area (Å²) in [4.78, 5) is 18.6. The highest BCUT2D eigenvalue weighted by Gasteiger charge is 2.32. The maximum atomic E-state index is 12.1. The molecule has 1 heterocycles. The van der Waals surface area contributed by atoms with Gasteiger partial charge in [0.25, 0.3) is 5.91 Å². The summed E-state index contributed by atoms with van der Waals surface area (Å²) in [5.41, 5.74) is -0.181. The third-order valence-electron chi connectivity index (χ3n) is 1.89. The second kappa shape index (κ2) is 5.96. The topological polar surface area (TPSA) is 75.1 Å². The van der Waals surface area contributed by atoms with Crippen LogP contribution in [0.2, 0.25) is 5.15 Å². The van der Waals surface area contributed by atoms with Gasteiger partial charge in [-0.2, -0.15) is 13.2 Å². The number of hydrogen-bond acceptors (Lipinski definition) is 4. The van der Waals surface area contributed by atoms with Crippen molar-refractivity contribution < 1.29 is 23.1 Å². The van der Waals surface area contributed by atoms with Crippen LogP contribution in [0.4, 0.5) is 13.2 Å². The molecular formula is C9H9ClF3N3O2. The van der Waals surface area contributed by atoms with Crippen molar-refractivity contribution in [3.8, 4) is 0 Å². The van der Waals surface area contributed by atoms with Crippen molar-refractivity contribution in [3.63, 3.8) is 0 Å². The van der Waals surface area contributed by atoms with Crippen LogP contribution in [0.15, 0.2) is 12.4 Å². The van der Waals surface area contributed by atoms with Crippen LogP contribution in [0.3, 0.4) is 0 Å². The van der Waals surface area contributed by atoms with E-state index < -0.39 is 31.2 Å². The van der Waals surface area contributed by atoms with Gasteiger partial charge in [0.2, 0.25) is 0 Å². The molecule has 0 saturated heterocycles. The summed E-state index contributed by atoms with van der Waals surface area (Å²) in [6.45, 7) is -0.827. The standard InChI is InChI=1S/C9H9ClF3N3O2/c10-7-3-14-6(2-15-7)8(18)16-5(4-17)1-9(11,12)13/h2-3,5,17H,1,4H2,(H,16,18). The average Bonchev–Trinajstić information content (AvgIpc) is 2.27. The molecule has 1 amide bonds. The molecule has 2 N–H and O–H groups in total. The zero-order valence-electron chi connectivity index (χ0n) is 8.91. The van der Waals surface area contributed by atoms with Gasteiger partial charge in [-0.05, 0) is 0 Å². The second-order valence-corrected chi connectivity index (χ2v) is 3.78. The Bertz CT molecular complexity index is 411. The van der Waals surface area contributed by atoms with Crippen molar-refractivity contribution in [3.05, 3.63) is 23.2 Å². The van der Waals surface area contributed by atoms with E-state index in [4.69, 9.17) is 16.7 Å². The minimum Gasteiger partial charge on any atom is -0.394 e. The van der Waals surface area contributed by atoms with Crippen LogP contribution in [-0.4, -0.2) is 39.8 Å². The third-order valence-corrected chi connectivity index (χ3v) is 2.08. The lowest BCUT2D eigenvalue weighted by Crippen LogP contribution is -2.40. The highest BCUT2D eigenvalue weighted by atomic mass is 35.5. The summed E-state index contributed by atoms with van der Waals surface area (Å²) >= 11 is 5.44. The highest BCUT2D eigenvalue weighted by molar-refractivity contribution is 6.29. The van der Waals surface area contributed by atoms with Gasteiger partial charge in [-0.3, -0.25) is 4.79 Å². The summed E-state index contributed by atoms with van der Waals surface area (Å²) in [7, 11) is 0. The number of rotatable bonds is 4. The quantitative estimate of drug-likeness (QED) is 0.870. The molecule has 0 aliphatic heterocycles. The zero-order valence-corrected chi connectivity index (χ0v) is 9.66. The first-order chi connectivity index (χ1) is 8.31. The Labute approximate surface area is 105 Å². The molecule has 1 aromatic rings. The first-order valence-corrected chi connectivity index (χ1v) is 5.15. The van der Waals surface area contributed by atoms with E-state index in [1.807, 2.05) is 5.32 Å². The van der Waals surface area contributed by atoms with E-state index in [0.717, 1.165) is 12.4 Å². The number of aliphatic hydroxyl groups excluding tert-OH is 1. The van der Waals surface area contributed by atoms with Crippen LogP contribution < -0.4 is 5.32 Å². The molecule has 1 rings (SSSR count). The molecule has 0 aliphatic carbocycles. The Morgan fingerprint density at radius 1 is 1.44 bits per heavy atom. The molecule has 1 aromatic heterocycles. The van der Waals surface area contributed by atoms with E-state index in [9.17, 15) is 18.0 Å². The van der Waals surface area contributed by atoms with Gasteiger partial charge >= 0.3 is 6.18 Å². The minimum atomic E-state index is -4.48. The number of amides is 1. The van der Waals surface area contributed by atoms with Crippen LogP contribution in [0.1, 0.15) is 16.9 Å². The number of hydrogen-bond donors (Lipinski definition) is 2. The Balaban J connectivity index is 2.65. The van der Waals surface area contributed by atoms with E-state index in [2.05, 4.69) is 9.97 Å². The molecule has 1 atom stereocenters. The van der Waals surface area contributed by atoms with Crippen LogP contribution in [0.5, 0.6) is 0 Å². The third kappa shape index (κ3) is 4.84. The van der Waals surface area contributed by atoms with Gasteiger partial charge in [-0.25, -0.2) is 9.97 Å². The maximum Gasteiger partial charge on any atom is 0.391 e. The van der Waals surface area contributed by atoms with Gasteiger partial charge in [-0.15, -0.1) is 0 Å². The van der Waals surface area contributed by atoms with Crippen molar-refractivity contribution >= 4 is 17.5 Å². The fourth-order valence-electron chi connectivity index (χ4n) is 1.13. The number of carbonyl (C=O) groups excluding carboxylic acids is 1. The van der Waals surface area contributed by atoms with Crippen LogP contribution in [-0.2, 0) is 0 Å².